The molecular weight excluding hydrogens is 317 g/mol. The average Bonchev–Trinajstić information content (AvgIpc) is 2.90. The molecule has 3 aromatic rings. The van der Waals surface area contributed by atoms with Gasteiger partial charge in [-0.25, -0.2) is 9.37 Å². The minimum absolute atomic E-state index is 0.257. The maximum Gasteiger partial charge on any atom is 0.123 e. The number of benzene rings is 2. The molecule has 0 aliphatic rings. The lowest BCUT2D eigenvalue weighted by Gasteiger charge is -2.04. The van der Waals surface area contributed by atoms with Gasteiger partial charge in [0.15, 0.2) is 0 Å². The van der Waals surface area contributed by atoms with Gasteiger partial charge in [-0.1, -0.05) is 12.1 Å². The first-order valence-electron chi connectivity index (χ1n) is 6.72. The average molecular weight is 331 g/mol. The van der Waals surface area contributed by atoms with Crippen molar-refractivity contribution in [2.24, 2.45) is 0 Å². The summed E-state index contributed by atoms with van der Waals surface area (Å²) >= 11 is 1.60. The molecular formula is C17H14FNOS2. The molecule has 3 rings (SSSR count). The van der Waals surface area contributed by atoms with Crippen molar-refractivity contribution in [3.05, 3.63) is 59.4 Å². The predicted octanol–water partition coefficient (Wildman–Crippen LogP) is 4.66. The molecule has 0 fully saturated rings. The third-order valence-corrected chi connectivity index (χ3v) is 5.26. The van der Waals surface area contributed by atoms with E-state index in [1.807, 2.05) is 31.2 Å². The van der Waals surface area contributed by atoms with Crippen LogP contribution >= 0.6 is 11.3 Å². The number of aromatic nitrogens is 1. The molecule has 0 saturated carbocycles. The highest BCUT2D eigenvalue weighted by atomic mass is 32.2. The Bertz CT molecular complexity index is 823. The highest BCUT2D eigenvalue weighted by molar-refractivity contribution is 7.84. The quantitative estimate of drug-likeness (QED) is 0.698. The Hall–Kier alpha value is -1.85. The van der Waals surface area contributed by atoms with Gasteiger partial charge in [0.1, 0.15) is 5.82 Å². The smallest absolute Gasteiger partial charge is 0.123 e. The predicted molar refractivity (Wildman–Crippen MR) is 90.0 cm³/mol. The number of thiazole rings is 1. The van der Waals surface area contributed by atoms with Crippen molar-refractivity contribution in [3.63, 3.8) is 0 Å². The standard InChI is InChI=1S/C17H14FNOS2/c1-11-19-16(12-3-7-14(18)8-4-12)17(21-11)13-5-9-15(10-6-13)22(2)20/h3-10H,1-2H3. The summed E-state index contributed by atoms with van der Waals surface area (Å²) in [6.45, 7) is 1.96. The van der Waals surface area contributed by atoms with E-state index in [0.717, 1.165) is 31.6 Å². The zero-order valence-electron chi connectivity index (χ0n) is 12.2. The Labute approximate surface area is 135 Å². The number of rotatable bonds is 3. The minimum atomic E-state index is -0.986. The summed E-state index contributed by atoms with van der Waals surface area (Å²) in [5, 5.41) is 0.956. The molecule has 5 heteroatoms. The van der Waals surface area contributed by atoms with Crippen molar-refractivity contribution in [2.45, 2.75) is 11.8 Å². The fourth-order valence-corrected chi connectivity index (χ4v) is 3.69. The molecule has 2 nitrogen and oxygen atoms in total. The first-order valence-corrected chi connectivity index (χ1v) is 9.09. The van der Waals surface area contributed by atoms with Crippen molar-refractivity contribution in [3.8, 4) is 21.7 Å². The van der Waals surface area contributed by atoms with Crippen LogP contribution in [0.5, 0.6) is 0 Å². The summed E-state index contributed by atoms with van der Waals surface area (Å²) in [6, 6.07) is 14.0. The van der Waals surface area contributed by atoms with Crippen LogP contribution in [0, 0.1) is 12.7 Å². The number of hydrogen-bond acceptors (Lipinski definition) is 3. The summed E-state index contributed by atoms with van der Waals surface area (Å²) in [5.74, 6) is -0.257. The van der Waals surface area contributed by atoms with Crippen molar-refractivity contribution < 1.29 is 8.60 Å². The van der Waals surface area contributed by atoms with Gasteiger partial charge >= 0.3 is 0 Å². The molecule has 0 spiro atoms. The molecule has 0 N–H and O–H groups in total. The van der Waals surface area contributed by atoms with E-state index in [9.17, 15) is 8.60 Å². The zero-order valence-corrected chi connectivity index (χ0v) is 13.8. The van der Waals surface area contributed by atoms with Crippen LogP contribution in [0.2, 0.25) is 0 Å². The molecule has 1 atom stereocenters. The lowest BCUT2D eigenvalue weighted by atomic mass is 10.1. The number of aryl methyl sites for hydroxylation is 1. The molecule has 2 aromatic carbocycles. The maximum absolute atomic E-state index is 13.1. The van der Waals surface area contributed by atoms with Crippen LogP contribution in [0.3, 0.4) is 0 Å². The second-order valence-corrected chi connectivity index (χ2v) is 7.48. The first kappa shape index (κ1) is 15.1. The van der Waals surface area contributed by atoms with Crippen molar-refractivity contribution in [1.29, 1.82) is 0 Å². The summed E-state index contributed by atoms with van der Waals surface area (Å²) < 4.78 is 24.6. The second-order valence-electron chi connectivity index (χ2n) is 4.90. The molecule has 1 aromatic heterocycles. The van der Waals surface area contributed by atoms with E-state index in [0.29, 0.717) is 0 Å². The van der Waals surface area contributed by atoms with Crippen LogP contribution < -0.4 is 0 Å². The molecule has 0 amide bonds. The van der Waals surface area contributed by atoms with Crippen LogP contribution in [0.1, 0.15) is 5.01 Å². The lowest BCUT2D eigenvalue weighted by molar-refractivity contribution is 0.628. The first-order chi connectivity index (χ1) is 10.5. The fourth-order valence-electron chi connectivity index (χ4n) is 2.22. The van der Waals surface area contributed by atoms with Crippen molar-refractivity contribution >= 4 is 22.1 Å². The summed E-state index contributed by atoms with van der Waals surface area (Å²) in [4.78, 5) is 6.42. The summed E-state index contributed by atoms with van der Waals surface area (Å²) in [5.41, 5.74) is 2.77. The molecule has 112 valence electrons. The monoisotopic (exact) mass is 331 g/mol. The van der Waals surface area contributed by atoms with Crippen LogP contribution in [0.15, 0.2) is 53.4 Å². The van der Waals surface area contributed by atoms with Crippen molar-refractivity contribution in [2.75, 3.05) is 6.26 Å². The van der Waals surface area contributed by atoms with Crippen LogP contribution in [-0.4, -0.2) is 15.4 Å². The Balaban J connectivity index is 2.07. The van der Waals surface area contributed by atoms with Gasteiger partial charge in [0.05, 0.1) is 15.6 Å². The van der Waals surface area contributed by atoms with E-state index >= 15 is 0 Å². The van der Waals surface area contributed by atoms with Gasteiger partial charge in [0.2, 0.25) is 0 Å². The minimum Gasteiger partial charge on any atom is -0.255 e. The highest BCUT2D eigenvalue weighted by Gasteiger charge is 2.13. The van der Waals surface area contributed by atoms with Crippen LogP contribution in [-0.2, 0) is 10.8 Å². The van der Waals surface area contributed by atoms with E-state index in [1.54, 1.807) is 29.7 Å². The Kier molecular flexibility index (Phi) is 4.18. The molecule has 1 unspecified atom stereocenters. The van der Waals surface area contributed by atoms with Gasteiger partial charge in [0, 0.05) is 27.5 Å². The van der Waals surface area contributed by atoms with Gasteiger partial charge < -0.3 is 0 Å². The molecule has 0 aliphatic heterocycles. The van der Waals surface area contributed by atoms with E-state index < -0.39 is 10.8 Å². The topological polar surface area (TPSA) is 30.0 Å². The fraction of sp³-hybridized carbons (Fsp3) is 0.118. The van der Waals surface area contributed by atoms with E-state index in [-0.39, 0.29) is 5.82 Å². The Morgan fingerprint density at radius 3 is 2.18 bits per heavy atom. The molecule has 22 heavy (non-hydrogen) atoms. The maximum atomic E-state index is 13.1. The van der Waals surface area contributed by atoms with E-state index in [2.05, 4.69) is 4.98 Å². The lowest BCUT2D eigenvalue weighted by Crippen LogP contribution is -1.87. The highest BCUT2D eigenvalue weighted by Crippen LogP contribution is 2.36. The zero-order chi connectivity index (χ0) is 15.7. The molecule has 1 heterocycles. The van der Waals surface area contributed by atoms with E-state index in [4.69, 9.17) is 0 Å². The number of halogens is 1. The SMILES string of the molecule is Cc1nc(-c2ccc(F)cc2)c(-c2ccc(S(C)=O)cc2)s1. The third kappa shape index (κ3) is 3.00. The van der Waals surface area contributed by atoms with Crippen molar-refractivity contribution in [1.82, 2.24) is 4.98 Å². The number of hydrogen-bond donors (Lipinski definition) is 0. The van der Waals surface area contributed by atoms with Gasteiger partial charge in [-0.15, -0.1) is 11.3 Å². The van der Waals surface area contributed by atoms with Gasteiger partial charge in [-0.2, -0.15) is 0 Å². The molecule has 0 aliphatic carbocycles. The third-order valence-electron chi connectivity index (χ3n) is 3.30. The normalized spacial score (nSPS) is 12.3. The second kappa shape index (κ2) is 6.10. The Morgan fingerprint density at radius 1 is 1.00 bits per heavy atom. The van der Waals surface area contributed by atoms with Gasteiger partial charge in [-0.3, -0.25) is 4.21 Å². The number of nitrogens with zero attached hydrogens (tertiary/aromatic N) is 1. The molecule has 0 bridgehead atoms. The molecule has 0 radical (unpaired) electrons. The Morgan fingerprint density at radius 2 is 1.59 bits per heavy atom. The molecule has 0 saturated heterocycles. The van der Waals surface area contributed by atoms with Gasteiger partial charge in [-0.05, 0) is 48.9 Å². The van der Waals surface area contributed by atoms with Gasteiger partial charge in [0.25, 0.3) is 0 Å². The largest absolute Gasteiger partial charge is 0.255 e. The summed E-state index contributed by atoms with van der Waals surface area (Å²) in [6.07, 6.45) is 1.66. The van der Waals surface area contributed by atoms with Crippen LogP contribution in [0.4, 0.5) is 4.39 Å². The summed E-state index contributed by atoms with van der Waals surface area (Å²) in [7, 11) is -0.986. The van der Waals surface area contributed by atoms with Crippen LogP contribution in [0.25, 0.3) is 21.7 Å². The van der Waals surface area contributed by atoms with E-state index in [1.165, 1.54) is 12.1 Å².